The number of fused-ring (bicyclic) bond motifs is 1. The first-order valence-corrected chi connectivity index (χ1v) is 12.5. The lowest BCUT2D eigenvalue weighted by atomic mass is 10.2. The number of rotatable bonds is 7. The Morgan fingerprint density at radius 2 is 1.40 bits per heavy atom. The number of nitrogens with one attached hydrogen (secondary N) is 1. The third-order valence-corrected chi connectivity index (χ3v) is 7.34. The first-order valence-electron chi connectivity index (χ1n) is 11.0. The van der Waals surface area contributed by atoms with Crippen LogP contribution in [0.5, 0.6) is 11.5 Å². The fourth-order valence-corrected chi connectivity index (χ4v) is 5.40. The highest BCUT2D eigenvalue weighted by Crippen LogP contribution is 2.31. The maximum Gasteiger partial charge on any atom is 0.244 e. The summed E-state index contributed by atoms with van der Waals surface area (Å²) < 4.78 is 34.2. The smallest absolute Gasteiger partial charge is 0.244 e. The van der Waals surface area contributed by atoms with Gasteiger partial charge in [0.15, 0.2) is 5.75 Å². The Hall–Kier alpha value is -4.36. The minimum absolute atomic E-state index is 0.0650. The SMILES string of the molecule is O=C(Cn1cc(S(=O)(=O)c2ccccc2)c2ccccc21)Nc1ccccc1Oc1ccccc1. The Kier molecular flexibility index (Phi) is 6.08. The van der Waals surface area contributed by atoms with Crippen molar-refractivity contribution in [2.75, 3.05) is 5.32 Å². The molecule has 5 aromatic rings. The number of aromatic nitrogens is 1. The molecule has 7 heteroatoms. The van der Waals surface area contributed by atoms with E-state index in [0.29, 0.717) is 28.1 Å². The number of sulfone groups is 1. The van der Waals surface area contributed by atoms with Crippen LogP contribution in [0, 0.1) is 0 Å². The molecule has 0 aliphatic rings. The van der Waals surface area contributed by atoms with Crippen molar-refractivity contribution in [3.63, 3.8) is 0 Å². The van der Waals surface area contributed by atoms with Crippen molar-refractivity contribution in [1.29, 1.82) is 0 Å². The summed E-state index contributed by atoms with van der Waals surface area (Å²) in [5.41, 5.74) is 1.18. The second-order valence-electron chi connectivity index (χ2n) is 7.91. The fraction of sp³-hybridized carbons (Fsp3) is 0.0357. The van der Waals surface area contributed by atoms with Gasteiger partial charge in [-0.15, -0.1) is 0 Å². The van der Waals surface area contributed by atoms with Crippen LogP contribution in [0.1, 0.15) is 0 Å². The standard InChI is InChI=1S/C28H22N2O4S/c31-28(29-24-16-8-10-18-26(24)34-21-11-3-1-4-12-21)20-30-19-27(23-15-7-9-17-25(23)30)35(32,33)22-13-5-2-6-14-22/h1-19H,20H2,(H,29,31). The van der Waals surface area contributed by atoms with Gasteiger partial charge in [0.2, 0.25) is 15.7 Å². The molecule has 0 aliphatic heterocycles. The predicted octanol–water partition coefficient (Wildman–Crippen LogP) is 5.91. The first kappa shape index (κ1) is 22.4. The highest BCUT2D eigenvalue weighted by Gasteiger charge is 2.23. The van der Waals surface area contributed by atoms with Crippen molar-refractivity contribution in [2.24, 2.45) is 0 Å². The van der Waals surface area contributed by atoms with Crippen LogP contribution >= 0.6 is 0 Å². The molecular formula is C28H22N2O4S. The maximum atomic E-state index is 13.3. The zero-order valence-corrected chi connectivity index (χ0v) is 19.5. The van der Waals surface area contributed by atoms with Gasteiger partial charge in [-0.2, -0.15) is 0 Å². The molecule has 174 valence electrons. The number of anilines is 1. The second-order valence-corrected chi connectivity index (χ2v) is 9.83. The van der Waals surface area contributed by atoms with Crippen molar-refractivity contribution in [3.05, 3.63) is 115 Å². The number of carbonyl (C=O) groups excluding carboxylic acids is 1. The molecule has 35 heavy (non-hydrogen) atoms. The molecule has 1 heterocycles. The molecule has 1 N–H and O–H groups in total. The average molecular weight is 483 g/mol. The van der Waals surface area contributed by atoms with E-state index in [9.17, 15) is 13.2 Å². The van der Waals surface area contributed by atoms with Gasteiger partial charge in [0.25, 0.3) is 0 Å². The Balaban J connectivity index is 1.43. The highest BCUT2D eigenvalue weighted by atomic mass is 32.2. The Morgan fingerprint density at radius 3 is 2.17 bits per heavy atom. The third kappa shape index (κ3) is 4.67. The van der Waals surface area contributed by atoms with Gasteiger partial charge in [-0.3, -0.25) is 4.79 Å². The number of para-hydroxylation sites is 4. The first-order chi connectivity index (χ1) is 17.0. The number of hydrogen-bond donors (Lipinski definition) is 1. The van der Waals surface area contributed by atoms with E-state index in [1.54, 1.807) is 65.2 Å². The summed E-state index contributed by atoms with van der Waals surface area (Å²) in [6.07, 6.45) is 1.53. The molecule has 0 unspecified atom stereocenters. The molecule has 0 atom stereocenters. The topological polar surface area (TPSA) is 77.4 Å². The Labute approximate surface area is 203 Å². The zero-order valence-electron chi connectivity index (χ0n) is 18.7. The summed E-state index contributed by atoms with van der Waals surface area (Å²) in [7, 11) is -3.75. The molecule has 0 bridgehead atoms. The van der Waals surface area contributed by atoms with E-state index < -0.39 is 9.84 Å². The lowest BCUT2D eigenvalue weighted by Crippen LogP contribution is -2.18. The molecule has 1 aromatic heterocycles. The van der Waals surface area contributed by atoms with Gasteiger partial charge in [-0.1, -0.05) is 66.7 Å². The Bertz CT molecular complexity index is 1590. The summed E-state index contributed by atoms with van der Waals surface area (Å²) in [4.78, 5) is 13.4. The number of carbonyl (C=O) groups is 1. The summed E-state index contributed by atoms with van der Waals surface area (Å²) >= 11 is 0. The van der Waals surface area contributed by atoms with Crippen LogP contribution in [0.25, 0.3) is 10.9 Å². The number of benzene rings is 4. The van der Waals surface area contributed by atoms with Gasteiger partial charge in [0.1, 0.15) is 12.3 Å². The van der Waals surface area contributed by atoms with Crippen molar-refractivity contribution >= 4 is 32.3 Å². The monoisotopic (exact) mass is 482 g/mol. The molecule has 5 rings (SSSR count). The third-order valence-electron chi connectivity index (χ3n) is 5.54. The van der Waals surface area contributed by atoms with E-state index in [1.807, 2.05) is 48.5 Å². The largest absolute Gasteiger partial charge is 0.455 e. The number of nitrogens with zero attached hydrogens (tertiary/aromatic N) is 1. The van der Waals surface area contributed by atoms with E-state index in [2.05, 4.69) is 5.32 Å². The van der Waals surface area contributed by atoms with Gasteiger partial charge < -0.3 is 14.6 Å². The summed E-state index contributed by atoms with van der Waals surface area (Å²) in [6, 6.07) is 31.9. The normalized spacial score (nSPS) is 11.3. The summed E-state index contributed by atoms with van der Waals surface area (Å²) in [5, 5.41) is 3.46. The van der Waals surface area contributed by atoms with Gasteiger partial charge in [-0.25, -0.2) is 8.42 Å². The molecule has 6 nitrogen and oxygen atoms in total. The summed E-state index contributed by atoms with van der Waals surface area (Å²) in [6.45, 7) is -0.0650. The maximum absolute atomic E-state index is 13.3. The lowest BCUT2D eigenvalue weighted by molar-refractivity contribution is -0.116. The van der Waals surface area contributed by atoms with Crippen LogP contribution < -0.4 is 10.1 Å². The molecule has 0 saturated heterocycles. The predicted molar refractivity (Wildman–Crippen MR) is 135 cm³/mol. The highest BCUT2D eigenvalue weighted by molar-refractivity contribution is 7.91. The van der Waals surface area contributed by atoms with E-state index in [4.69, 9.17) is 4.74 Å². The molecule has 4 aromatic carbocycles. The quantitative estimate of drug-likeness (QED) is 0.313. The lowest BCUT2D eigenvalue weighted by Gasteiger charge is -2.13. The number of ether oxygens (including phenoxy) is 1. The van der Waals surface area contributed by atoms with Crippen molar-refractivity contribution in [2.45, 2.75) is 16.3 Å². The van der Waals surface area contributed by atoms with E-state index >= 15 is 0 Å². The molecule has 0 saturated carbocycles. The van der Waals surface area contributed by atoms with Crippen LogP contribution in [0.4, 0.5) is 5.69 Å². The van der Waals surface area contributed by atoms with Crippen molar-refractivity contribution < 1.29 is 17.9 Å². The average Bonchev–Trinajstić information content (AvgIpc) is 3.25. The molecule has 0 radical (unpaired) electrons. The van der Waals surface area contributed by atoms with Crippen LogP contribution in [-0.4, -0.2) is 18.9 Å². The molecular weight excluding hydrogens is 460 g/mol. The van der Waals surface area contributed by atoms with E-state index in [0.717, 1.165) is 0 Å². The molecule has 1 amide bonds. The van der Waals surface area contributed by atoms with Crippen molar-refractivity contribution in [1.82, 2.24) is 4.57 Å². The van der Waals surface area contributed by atoms with Crippen LogP contribution in [-0.2, 0) is 21.2 Å². The van der Waals surface area contributed by atoms with Crippen LogP contribution in [0.15, 0.2) is 125 Å². The summed E-state index contributed by atoms with van der Waals surface area (Å²) in [5.74, 6) is 0.858. The molecule has 0 spiro atoms. The van der Waals surface area contributed by atoms with Gasteiger partial charge in [0, 0.05) is 17.1 Å². The molecule has 0 aliphatic carbocycles. The van der Waals surface area contributed by atoms with Crippen molar-refractivity contribution in [3.8, 4) is 11.5 Å². The minimum atomic E-state index is -3.75. The van der Waals surface area contributed by atoms with E-state index in [1.165, 1.54) is 6.20 Å². The van der Waals surface area contributed by atoms with Gasteiger partial charge in [0.05, 0.1) is 15.5 Å². The second kappa shape index (κ2) is 9.48. The van der Waals surface area contributed by atoms with E-state index in [-0.39, 0.29) is 22.2 Å². The van der Waals surface area contributed by atoms with Gasteiger partial charge in [-0.05, 0) is 42.5 Å². The Morgan fingerprint density at radius 1 is 0.771 bits per heavy atom. The minimum Gasteiger partial charge on any atom is -0.455 e. The number of hydrogen-bond acceptors (Lipinski definition) is 4. The van der Waals surface area contributed by atoms with Crippen LogP contribution in [0.3, 0.4) is 0 Å². The van der Waals surface area contributed by atoms with Gasteiger partial charge >= 0.3 is 0 Å². The fourth-order valence-electron chi connectivity index (χ4n) is 3.90. The number of amides is 1. The molecule has 0 fully saturated rings. The van der Waals surface area contributed by atoms with Crippen LogP contribution in [0.2, 0.25) is 0 Å². The zero-order chi connectivity index (χ0) is 24.3.